The van der Waals surface area contributed by atoms with E-state index in [9.17, 15) is 14.7 Å². The van der Waals surface area contributed by atoms with Crippen molar-refractivity contribution in [3.05, 3.63) is 71.8 Å². The Morgan fingerprint density at radius 2 is 1.90 bits per heavy atom. The van der Waals surface area contributed by atoms with Crippen molar-refractivity contribution < 1.29 is 19.8 Å². The molecule has 0 amide bonds. The van der Waals surface area contributed by atoms with Crippen molar-refractivity contribution in [1.29, 1.82) is 0 Å². The van der Waals surface area contributed by atoms with Crippen molar-refractivity contribution >= 4 is 11.8 Å². The molecule has 0 radical (unpaired) electrons. The molecule has 31 heavy (non-hydrogen) atoms. The first-order valence-electron chi connectivity index (χ1n) is 11.4. The maximum absolute atomic E-state index is 12.4. The number of carbonyl (C=O) groups is 2. The van der Waals surface area contributed by atoms with E-state index in [1.54, 1.807) is 0 Å². The normalized spacial score (nSPS) is 22.6. The number of aliphatic carboxylic acids is 1. The maximum Gasteiger partial charge on any atom is 0.303 e. The molecule has 0 heterocycles. The first-order chi connectivity index (χ1) is 14.9. The summed E-state index contributed by atoms with van der Waals surface area (Å²) in [4.78, 5) is 22.9. The van der Waals surface area contributed by atoms with Crippen molar-refractivity contribution in [2.24, 2.45) is 17.8 Å². The lowest BCUT2D eigenvalue weighted by Gasteiger charge is -2.15. The number of carboxylic acid groups (broad SMARTS) is 1. The molecule has 4 heteroatoms. The van der Waals surface area contributed by atoms with Gasteiger partial charge in [-0.1, -0.05) is 60.7 Å². The lowest BCUT2D eigenvalue weighted by atomic mass is 9.89. The number of aliphatic hydroxyl groups excluding tert-OH is 1. The number of allylic oxidation sites excluding steroid dienone is 4. The summed E-state index contributed by atoms with van der Waals surface area (Å²) < 4.78 is 0. The molecule has 3 atom stereocenters. The van der Waals surface area contributed by atoms with Crippen LogP contribution < -0.4 is 0 Å². The standard InChI is InChI=1S/C27H34O4/c1-19-16-26(29)25(10-4-2-3-5-11-27(30)31)24(19)15-14-23(28)13-12-20-17-21-8-6-7-9-22(21)18-20/h2,4,6-9,14-15,20,23-25,28H,1,3,5,10-13,16-18H2,(H,30,31)/b4-2-,15-14+/t23-,24-,25+/m0/s1. The van der Waals surface area contributed by atoms with Gasteiger partial charge >= 0.3 is 5.97 Å². The van der Waals surface area contributed by atoms with Crippen molar-refractivity contribution in [2.75, 3.05) is 0 Å². The second-order valence-electron chi connectivity index (χ2n) is 9.00. The summed E-state index contributed by atoms with van der Waals surface area (Å²) in [6.45, 7) is 4.08. The highest BCUT2D eigenvalue weighted by molar-refractivity contribution is 5.87. The van der Waals surface area contributed by atoms with E-state index in [2.05, 4.69) is 30.8 Å². The number of hydrogen-bond acceptors (Lipinski definition) is 3. The van der Waals surface area contributed by atoms with Crippen LogP contribution in [0.3, 0.4) is 0 Å². The molecule has 4 nitrogen and oxygen atoms in total. The van der Waals surface area contributed by atoms with Gasteiger partial charge in [0.1, 0.15) is 5.78 Å². The van der Waals surface area contributed by atoms with E-state index < -0.39 is 12.1 Å². The molecule has 0 unspecified atom stereocenters. The van der Waals surface area contributed by atoms with Gasteiger partial charge in [0, 0.05) is 24.7 Å². The van der Waals surface area contributed by atoms with Gasteiger partial charge < -0.3 is 10.2 Å². The van der Waals surface area contributed by atoms with Crippen LogP contribution in [-0.4, -0.2) is 28.1 Å². The Kier molecular flexibility index (Phi) is 8.42. The van der Waals surface area contributed by atoms with E-state index in [0.717, 1.165) is 31.3 Å². The van der Waals surface area contributed by atoms with Crippen molar-refractivity contribution in [1.82, 2.24) is 0 Å². The van der Waals surface area contributed by atoms with E-state index in [-0.39, 0.29) is 24.0 Å². The van der Waals surface area contributed by atoms with Gasteiger partial charge in [0.2, 0.25) is 0 Å². The highest BCUT2D eigenvalue weighted by Gasteiger charge is 2.34. The summed E-state index contributed by atoms with van der Waals surface area (Å²) >= 11 is 0. The third-order valence-corrected chi connectivity index (χ3v) is 6.58. The molecular weight excluding hydrogens is 388 g/mol. The summed E-state index contributed by atoms with van der Waals surface area (Å²) in [5, 5.41) is 19.2. The van der Waals surface area contributed by atoms with Crippen LogP contribution in [-0.2, 0) is 22.4 Å². The number of ketones is 1. The SMILES string of the molecule is C=C1CC(=O)[C@H](C/C=C\CCCC(=O)O)[C@H]1/C=C/[C@@H](O)CCC1Cc2ccccc2C1. The van der Waals surface area contributed by atoms with E-state index in [1.807, 2.05) is 24.3 Å². The molecule has 1 aromatic rings. The predicted octanol–water partition coefficient (Wildman–Crippen LogP) is 5.06. The zero-order valence-electron chi connectivity index (χ0n) is 18.2. The molecule has 1 aromatic carbocycles. The van der Waals surface area contributed by atoms with E-state index in [4.69, 9.17) is 5.11 Å². The molecule has 1 saturated carbocycles. The average molecular weight is 423 g/mol. The van der Waals surface area contributed by atoms with Crippen LogP contribution in [0, 0.1) is 17.8 Å². The first kappa shape index (κ1) is 23.2. The van der Waals surface area contributed by atoms with Crippen molar-refractivity contribution in [3.63, 3.8) is 0 Å². The number of carboxylic acids is 1. The molecule has 0 bridgehead atoms. The molecule has 2 aliphatic carbocycles. The Morgan fingerprint density at radius 1 is 1.19 bits per heavy atom. The molecule has 166 valence electrons. The molecular formula is C27H34O4. The fourth-order valence-corrected chi connectivity index (χ4v) is 4.84. The monoisotopic (exact) mass is 422 g/mol. The van der Waals surface area contributed by atoms with Crippen molar-refractivity contribution in [3.8, 4) is 0 Å². The minimum Gasteiger partial charge on any atom is -0.481 e. The summed E-state index contributed by atoms with van der Waals surface area (Å²) in [6.07, 6.45) is 13.7. The van der Waals surface area contributed by atoms with Crippen LogP contribution in [0.15, 0.2) is 60.7 Å². The van der Waals surface area contributed by atoms with Gasteiger partial charge in [-0.15, -0.1) is 0 Å². The van der Waals surface area contributed by atoms with Crippen LogP contribution in [0.5, 0.6) is 0 Å². The van der Waals surface area contributed by atoms with Crippen LogP contribution in [0.1, 0.15) is 56.1 Å². The Bertz CT molecular complexity index is 826. The first-order valence-corrected chi connectivity index (χ1v) is 11.4. The van der Waals surface area contributed by atoms with Gasteiger partial charge in [-0.3, -0.25) is 9.59 Å². The van der Waals surface area contributed by atoms with Gasteiger partial charge in [0.05, 0.1) is 6.10 Å². The molecule has 1 fully saturated rings. The van der Waals surface area contributed by atoms with Crippen LogP contribution >= 0.6 is 0 Å². The highest BCUT2D eigenvalue weighted by atomic mass is 16.4. The molecule has 2 N–H and O–H groups in total. The summed E-state index contributed by atoms with van der Waals surface area (Å²) in [5.41, 5.74) is 3.80. The molecule has 0 aromatic heterocycles. The summed E-state index contributed by atoms with van der Waals surface area (Å²) in [5.74, 6) is -0.134. The van der Waals surface area contributed by atoms with Gasteiger partial charge in [-0.2, -0.15) is 0 Å². The molecule has 3 rings (SSSR count). The topological polar surface area (TPSA) is 74.6 Å². The Morgan fingerprint density at radius 3 is 2.58 bits per heavy atom. The Balaban J connectivity index is 1.45. The smallest absolute Gasteiger partial charge is 0.303 e. The molecule has 0 saturated heterocycles. The Hall–Kier alpha value is -2.46. The molecule has 2 aliphatic rings. The van der Waals surface area contributed by atoms with E-state index in [1.165, 1.54) is 11.1 Å². The predicted molar refractivity (Wildman–Crippen MR) is 123 cm³/mol. The van der Waals surface area contributed by atoms with Crippen LogP contribution in [0.25, 0.3) is 0 Å². The zero-order chi connectivity index (χ0) is 22.2. The third kappa shape index (κ3) is 6.76. The lowest BCUT2D eigenvalue weighted by Crippen LogP contribution is -2.14. The second kappa shape index (κ2) is 11.2. The van der Waals surface area contributed by atoms with Gasteiger partial charge in [-0.25, -0.2) is 0 Å². The lowest BCUT2D eigenvalue weighted by molar-refractivity contribution is -0.137. The average Bonchev–Trinajstić information content (AvgIpc) is 3.27. The fraction of sp³-hybridized carbons (Fsp3) is 0.481. The number of benzene rings is 1. The number of Topliss-reactive ketones (excluding diaryl/α,β-unsaturated/α-hetero) is 1. The minimum absolute atomic E-state index is 0.0263. The zero-order valence-corrected chi connectivity index (χ0v) is 18.2. The fourth-order valence-electron chi connectivity index (χ4n) is 4.84. The van der Waals surface area contributed by atoms with Crippen LogP contribution in [0.4, 0.5) is 0 Å². The van der Waals surface area contributed by atoms with Gasteiger partial charge in [-0.05, 0) is 62.0 Å². The number of unbranched alkanes of at least 4 members (excludes halogenated alkanes) is 1. The third-order valence-electron chi connectivity index (χ3n) is 6.58. The number of rotatable bonds is 11. The van der Waals surface area contributed by atoms with E-state index in [0.29, 0.717) is 31.6 Å². The maximum atomic E-state index is 12.4. The largest absolute Gasteiger partial charge is 0.481 e. The van der Waals surface area contributed by atoms with Crippen LogP contribution in [0.2, 0.25) is 0 Å². The summed E-state index contributed by atoms with van der Waals surface area (Å²) in [6, 6.07) is 8.59. The highest BCUT2D eigenvalue weighted by Crippen LogP contribution is 2.36. The quantitative estimate of drug-likeness (QED) is 0.386. The van der Waals surface area contributed by atoms with Gasteiger partial charge in [0.15, 0.2) is 0 Å². The number of fused-ring (bicyclic) bond motifs is 1. The molecule has 0 aliphatic heterocycles. The number of hydrogen-bond donors (Lipinski definition) is 2. The summed E-state index contributed by atoms with van der Waals surface area (Å²) in [7, 11) is 0. The Labute approximate surface area is 185 Å². The van der Waals surface area contributed by atoms with Gasteiger partial charge in [0.25, 0.3) is 0 Å². The van der Waals surface area contributed by atoms with E-state index >= 15 is 0 Å². The number of aliphatic hydroxyl groups is 1. The minimum atomic E-state index is -0.781. The van der Waals surface area contributed by atoms with Crippen molar-refractivity contribution in [2.45, 2.75) is 63.9 Å². The molecule has 0 spiro atoms. The second-order valence-corrected chi connectivity index (χ2v) is 9.00. The number of carbonyl (C=O) groups excluding carboxylic acids is 1.